The summed E-state index contributed by atoms with van der Waals surface area (Å²) in [4.78, 5) is 25.0. The molecule has 2 rings (SSSR count). The maximum atomic E-state index is 13.0. The molecule has 0 fully saturated rings. The molecule has 5 nitrogen and oxygen atoms in total. The van der Waals surface area contributed by atoms with E-state index in [0.717, 1.165) is 11.6 Å². The largest absolute Gasteiger partial charge is 0.418 e. The van der Waals surface area contributed by atoms with E-state index in [1.807, 2.05) is 30.3 Å². The second-order valence-corrected chi connectivity index (χ2v) is 6.54. The van der Waals surface area contributed by atoms with Crippen molar-refractivity contribution in [3.63, 3.8) is 0 Å². The van der Waals surface area contributed by atoms with Crippen molar-refractivity contribution in [2.45, 2.75) is 25.7 Å². The molecule has 2 amide bonds. The number of nitrogens with one attached hydrogen (secondary N) is 3. The minimum atomic E-state index is -4.56. The maximum Gasteiger partial charge on any atom is 0.418 e. The Labute approximate surface area is 161 Å². The summed E-state index contributed by atoms with van der Waals surface area (Å²) in [6.07, 6.45) is -4.56. The van der Waals surface area contributed by atoms with Gasteiger partial charge in [-0.3, -0.25) is 9.59 Å². The summed E-state index contributed by atoms with van der Waals surface area (Å²) in [7, 11) is 1.64. The Morgan fingerprint density at radius 1 is 1.04 bits per heavy atom. The summed E-state index contributed by atoms with van der Waals surface area (Å²) in [5, 5.41) is 5.08. The summed E-state index contributed by atoms with van der Waals surface area (Å²) >= 11 is 0. The molecule has 8 heteroatoms. The van der Waals surface area contributed by atoms with Crippen LogP contribution in [-0.4, -0.2) is 31.4 Å². The minimum Gasteiger partial charge on any atom is -0.347 e. The molecule has 0 aromatic heterocycles. The van der Waals surface area contributed by atoms with Gasteiger partial charge in [0.1, 0.15) is 0 Å². The van der Waals surface area contributed by atoms with Gasteiger partial charge in [-0.05, 0) is 24.6 Å². The standard InChI is InChI=1S/C20H22F3N3O2/c1-14(19(28)24-12-15-8-4-3-5-9-15)26(2)13-18(27)25-17-11-7-6-10-16(17)20(21,22)23/h3-11,14H,12-13H2,1-2H3,(H,24,28)(H,25,27)/p+1/t14-/m0/s1. The number of quaternary nitrogens is 1. The van der Waals surface area contributed by atoms with E-state index in [-0.39, 0.29) is 18.1 Å². The highest BCUT2D eigenvalue weighted by atomic mass is 19.4. The van der Waals surface area contributed by atoms with Gasteiger partial charge in [0.2, 0.25) is 0 Å². The van der Waals surface area contributed by atoms with Gasteiger partial charge in [-0.25, -0.2) is 0 Å². The van der Waals surface area contributed by atoms with Crippen LogP contribution in [-0.2, 0) is 22.3 Å². The highest BCUT2D eigenvalue weighted by Crippen LogP contribution is 2.34. The Hall–Kier alpha value is -2.87. The average Bonchev–Trinajstić information content (AvgIpc) is 2.65. The van der Waals surface area contributed by atoms with Gasteiger partial charge < -0.3 is 15.5 Å². The van der Waals surface area contributed by atoms with Gasteiger partial charge in [0, 0.05) is 6.54 Å². The third-order valence-corrected chi connectivity index (χ3v) is 4.39. The van der Waals surface area contributed by atoms with Gasteiger partial charge in [0.15, 0.2) is 12.6 Å². The molecule has 0 bridgehead atoms. The van der Waals surface area contributed by atoms with Crippen LogP contribution in [0.4, 0.5) is 18.9 Å². The molecule has 0 saturated carbocycles. The fourth-order valence-corrected chi connectivity index (χ4v) is 2.60. The monoisotopic (exact) mass is 394 g/mol. The van der Waals surface area contributed by atoms with E-state index in [1.165, 1.54) is 18.2 Å². The number of halogens is 3. The molecular weight excluding hydrogens is 371 g/mol. The third kappa shape index (κ3) is 6.09. The van der Waals surface area contributed by atoms with Crippen molar-refractivity contribution >= 4 is 17.5 Å². The van der Waals surface area contributed by atoms with Crippen molar-refractivity contribution in [2.75, 3.05) is 18.9 Å². The van der Waals surface area contributed by atoms with Gasteiger partial charge in [0.05, 0.1) is 18.3 Å². The molecule has 0 aliphatic rings. The van der Waals surface area contributed by atoms with Crippen molar-refractivity contribution in [3.8, 4) is 0 Å². The zero-order chi connectivity index (χ0) is 20.7. The summed E-state index contributed by atoms with van der Waals surface area (Å²) in [5.41, 5.74) is -0.258. The van der Waals surface area contributed by atoms with Crippen LogP contribution in [0.2, 0.25) is 0 Å². The van der Waals surface area contributed by atoms with Crippen LogP contribution in [0.5, 0.6) is 0 Å². The van der Waals surface area contributed by atoms with Crippen LogP contribution in [0, 0.1) is 0 Å². The number of benzene rings is 2. The number of rotatable bonds is 7. The molecule has 0 saturated heterocycles. The fraction of sp³-hybridized carbons (Fsp3) is 0.300. The maximum absolute atomic E-state index is 13.0. The Balaban J connectivity index is 1.90. The number of para-hydroxylation sites is 1. The zero-order valence-corrected chi connectivity index (χ0v) is 15.6. The van der Waals surface area contributed by atoms with Gasteiger partial charge in [-0.15, -0.1) is 0 Å². The molecule has 0 spiro atoms. The van der Waals surface area contributed by atoms with Crippen LogP contribution in [0.15, 0.2) is 54.6 Å². The van der Waals surface area contributed by atoms with Crippen LogP contribution in [0.3, 0.4) is 0 Å². The summed E-state index contributed by atoms with van der Waals surface area (Å²) in [5.74, 6) is -0.846. The molecule has 2 atom stereocenters. The SMILES string of the molecule is C[C@@H](C(=O)NCc1ccccc1)[NH+](C)CC(=O)Nc1ccccc1C(F)(F)F. The van der Waals surface area contributed by atoms with E-state index in [4.69, 9.17) is 0 Å². The normalized spacial score (nSPS) is 13.5. The molecule has 0 aliphatic heterocycles. The molecule has 0 aliphatic carbocycles. The van der Waals surface area contributed by atoms with Crippen molar-refractivity contribution in [1.29, 1.82) is 0 Å². The Bertz CT molecular complexity index is 810. The van der Waals surface area contributed by atoms with Crippen molar-refractivity contribution < 1.29 is 27.7 Å². The highest BCUT2D eigenvalue weighted by molar-refractivity contribution is 5.92. The summed E-state index contributed by atoms with van der Waals surface area (Å²) in [6, 6.07) is 13.6. The molecule has 2 aromatic rings. The van der Waals surface area contributed by atoms with Gasteiger partial charge in [0.25, 0.3) is 11.8 Å². The van der Waals surface area contributed by atoms with E-state index in [2.05, 4.69) is 10.6 Å². The lowest BCUT2D eigenvalue weighted by Gasteiger charge is -2.21. The first-order valence-electron chi connectivity index (χ1n) is 8.78. The second-order valence-electron chi connectivity index (χ2n) is 6.54. The molecule has 0 radical (unpaired) electrons. The van der Waals surface area contributed by atoms with Crippen LogP contribution in [0.25, 0.3) is 0 Å². The number of anilines is 1. The van der Waals surface area contributed by atoms with Crippen molar-refractivity contribution in [3.05, 3.63) is 65.7 Å². The number of alkyl halides is 3. The van der Waals surface area contributed by atoms with E-state index < -0.39 is 23.7 Å². The zero-order valence-electron chi connectivity index (χ0n) is 15.6. The van der Waals surface area contributed by atoms with E-state index >= 15 is 0 Å². The lowest BCUT2D eigenvalue weighted by molar-refractivity contribution is -0.885. The first kappa shape index (κ1) is 21.4. The first-order valence-corrected chi connectivity index (χ1v) is 8.78. The Kier molecular flexibility index (Phi) is 7.17. The topological polar surface area (TPSA) is 62.6 Å². The van der Waals surface area contributed by atoms with Crippen LogP contribution >= 0.6 is 0 Å². The third-order valence-electron chi connectivity index (χ3n) is 4.39. The minimum absolute atomic E-state index is 0.147. The second kappa shape index (κ2) is 9.36. The number of hydrogen-bond acceptors (Lipinski definition) is 2. The van der Waals surface area contributed by atoms with Crippen LogP contribution < -0.4 is 15.5 Å². The predicted molar refractivity (Wildman–Crippen MR) is 99.6 cm³/mol. The molecule has 0 heterocycles. The Morgan fingerprint density at radius 3 is 2.29 bits per heavy atom. The molecule has 150 valence electrons. The quantitative estimate of drug-likeness (QED) is 0.671. The van der Waals surface area contributed by atoms with Crippen LogP contribution in [0.1, 0.15) is 18.1 Å². The summed E-state index contributed by atoms with van der Waals surface area (Å²) in [6.45, 7) is 1.88. The lowest BCUT2D eigenvalue weighted by Crippen LogP contribution is -3.15. The number of carbonyl (C=O) groups excluding carboxylic acids is 2. The van der Waals surface area contributed by atoms with E-state index in [9.17, 15) is 22.8 Å². The highest BCUT2D eigenvalue weighted by Gasteiger charge is 2.34. The van der Waals surface area contributed by atoms with Crippen molar-refractivity contribution in [1.82, 2.24) is 5.32 Å². The number of carbonyl (C=O) groups is 2. The Morgan fingerprint density at radius 2 is 1.64 bits per heavy atom. The molecule has 2 aromatic carbocycles. The summed E-state index contributed by atoms with van der Waals surface area (Å²) < 4.78 is 39.0. The van der Waals surface area contributed by atoms with Crippen molar-refractivity contribution in [2.24, 2.45) is 0 Å². The number of amides is 2. The van der Waals surface area contributed by atoms with E-state index in [0.29, 0.717) is 11.4 Å². The number of hydrogen-bond donors (Lipinski definition) is 3. The van der Waals surface area contributed by atoms with E-state index in [1.54, 1.807) is 14.0 Å². The van der Waals surface area contributed by atoms with Gasteiger partial charge in [-0.1, -0.05) is 42.5 Å². The molecule has 28 heavy (non-hydrogen) atoms. The fourth-order valence-electron chi connectivity index (χ4n) is 2.60. The smallest absolute Gasteiger partial charge is 0.347 e. The average molecular weight is 394 g/mol. The molecule has 1 unspecified atom stereocenters. The number of likely N-dealkylation sites (N-methyl/N-ethyl adjacent to an activating group) is 1. The first-order chi connectivity index (χ1) is 13.2. The predicted octanol–water partition coefficient (Wildman–Crippen LogP) is 1.86. The lowest BCUT2D eigenvalue weighted by atomic mass is 10.1. The van der Waals surface area contributed by atoms with Gasteiger partial charge in [-0.2, -0.15) is 13.2 Å². The van der Waals surface area contributed by atoms with Gasteiger partial charge >= 0.3 is 6.18 Å². The molecular formula is C20H23F3N3O2+. The molecule has 3 N–H and O–H groups in total.